The summed E-state index contributed by atoms with van der Waals surface area (Å²) in [5.41, 5.74) is 0.587. The molecule has 0 atom stereocenters. The molecule has 1 saturated heterocycles. The Bertz CT molecular complexity index is 460. The van der Waals surface area contributed by atoms with Crippen molar-refractivity contribution in [2.24, 2.45) is 0 Å². The highest BCUT2D eigenvalue weighted by Crippen LogP contribution is 2.35. The van der Waals surface area contributed by atoms with Crippen LogP contribution in [0.25, 0.3) is 0 Å². The van der Waals surface area contributed by atoms with Crippen LogP contribution in [0.1, 0.15) is 16.8 Å². The predicted octanol–water partition coefficient (Wildman–Crippen LogP) is 1.90. The Kier molecular flexibility index (Phi) is 5.25. The number of halogens is 1. The zero-order valence-electron chi connectivity index (χ0n) is 11.7. The highest BCUT2D eigenvalue weighted by atomic mass is 79.9. The number of amides is 1. The maximum atomic E-state index is 12.6. The van der Waals surface area contributed by atoms with Gasteiger partial charge in [-0.25, -0.2) is 0 Å². The SMILES string of the molecule is COc1cc(C(=O)N2CCCNCC2)cc(OC)c1Br. The number of carbonyl (C=O) groups is 1. The summed E-state index contributed by atoms with van der Waals surface area (Å²) in [6, 6.07) is 3.49. The van der Waals surface area contributed by atoms with Crippen LogP contribution in [0.2, 0.25) is 0 Å². The fourth-order valence-corrected chi connectivity index (χ4v) is 2.78. The van der Waals surface area contributed by atoms with Crippen LogP contribution < -0.4 is 14.8 Å². The lowest BCUT2D eigenvalue weighted by Gasteiger charge is -2.21. The summed E-state index contributed by atoms with van der Waals surface area (Å²) < 4.78 is 11.3. The summed E-state index contributed by atoms with van der Waals surface area (Å²) >= 11 is 3.41. The summed E-state index contributed by atoms with van der Waals surface area (Å²) in [7, 11) is 3.15. The maximum absolute atomic E-state index is 12.6. The highest BCUT2D eigenvalue weighted by molar-refractivity contribution is 9.10. The minimum atomic E-state index is 0.0119. The Morgan fingerprint density at radius 1 is 1.20 bits per heavy atom. The van der Waals surface area contributed by atoms with Gasteiger partial charge in [-0.15, -0.1) is 0 Å². The molecule has 0 spiro atoms. The van der Waals surface area contributed by atoms with E-state index >= 15 is 0 Å². The summed E-state index contributed by atoms with van der Waals surface area (Å²) in [6.45, 7) is 3.28. The van der Waals surface area contributed by atoms with Crippen LogP contribution in [-0.2, 0) is 0 Å². The normalized spacial score (nSPS) is 15.7. The van der Waals surface area contributed by atoms with E-state index in [4.69, 9.17) is 9.47 Å². The number of methoxy groups -OCH3 is 2. The van der Waals surface area contributed by atoms with Gasteiger partial charge in [0.2, 0.25) is 0 Å². The van der Waals surface area contributed by atoms with Gasteiger partial charge in [0.05, 0.1) is 14.2 Å². The van der Waals surface area contributed by atoms with Crippen LogP contribution in [0.4, 0.5) is 0 Å². The molecule has 1 aromatic rings. The summed E-state index contributed by atoms with van der Waals surface area (Å²) in [6.07, 6.45) is 0.969. The minimum absolute atomic E-state index is 0.0119. The van der Waals surface area contributed by atoms with Gasteiger partial charge < -0.3 is 19.7 Å². The Balaban J connectivity index is 2.28. The molecule has 0 saturated carbocycles. The molecule has 20 heavy (non-hydrogen) atoms. The number of ether oxygens (including phenoxy) is 2. The lowest BCUT2D eigenvalue weighted by atomic mass is 10.1. The Labute approximate surface area is 127 Å². The van der Waals surface area contributed by atoms with Crippen molar-refractivity contribution in [3.8, 4) is 11.5 Å². The standard InChI is InChI=1S/C14H19BrN2O3/c1-19-11-8-10(9-12(20-2)13(11)15)14(18)17-6-3-4-16-5-7-17/h8-9,16H,3-7H2,1-2H3. The van der Waals surface area contributed by atoms with Gasteiger partial charge in [-0.3, -0.25) is 4.79 Å². The number of nitrogens with zero attached hydrogens (tertiary/aromatic N) is 1. The molecule has 1 heterocycles. The van der Waals surface area contributed by atoms with Crippen molar-refractivity contribution >= 4 is 21.8 Å². The van der Waals surface area contributed by atoms with Crippen LogP contribution in [0.15, 0.2) is 16.6 Å². The van der Waals surface area contributed by atoms with E-state index in [-0.39, 0.29) is 5.91 Å². The van der Waals surface area contributed by atoms with Crippen molar-refractivity contribution in [3.05, 3.63) is 22.2 Å². The largest absolute Gasteiger partial charge is 0.495 e. The van der Waals surface area contributed by atoms with E-state index in [1.165, 1.54) is 0 Å². The summed E-state index contributed by atoms with van der Waals surface area (Å²) in [5, 5.41) is 3.29. The van der Waals surface area contributed by atoms with Gasteiger partial charge in [0.1, 0.15) is 16.0 Å². The second-order valence-electron chi connectivity index (χ2n) is 4.59. The van der Waals surface area contributed by atoms with E-state index in [0.717, 1.165) is 37.1 Å². The number of hydrogen-bond acceptors (Lipinski definition) is 4. The van der Waals surface area contributed by atoms with Gasteiger partial charge in [-0.1, -0.05) is 0 Å². The molecule has 5 nitrogen and oxygen atoms in total. The van der Waals surface area contributed by atoms with Crippen molar-refractivity contribution in [1.82, 2.24) is 10.2 Å². The van der Waals surface area contributed by atoms with Gasteiger partial charge in [-0.05, 0) is 41.0 Å². The van der Waals surface area contributed by atoms with Gasteiger partial charge in [-0.2, -0.15) is 0 Å². The molecule has 0 bridgehead atoms. The molecule has 1 fully saturated rings. The van der Waals surface area contributed by atoms with E-state index in [1.54, 1.807) is 26.4 Å². The molecule has 2 rings (SSSR count). The molecule has 0 unspecified atom stereocenters. The van der Waals surface area contributed by atoms with Crippen molar-refractivity contribution in [3.63, 3.8) is 0 Å². The van der Waals surface area contributed by atoms with Crippen LogP contribution in [0.5, 0.6) is 11.5 Å². The van der Waals surface area contributed by atoms with E-state index in [2.05, 4.69) is 21.2 Å². The van der Waals surface area contributed by atoms with Crippen LogP contribution in [-0.4, -0.2) is 51.2 Å². The predicted molar refractivity (Wildman–Crippen MR) is 80.6 cm³/mol. The average molecular weight is 343 g/mol. The molecular formula is C14H19BrN2O3. The van der Waals surface area contributed by atoms with Crippen molar-refractivity contribution in [1.29, 1.82) is 0 Å². The first kappa shape index (κ1) is 15.1. The monoisotopic (exact) mass is 342 g/mol. The Morgan fingerprint density at radius 3 is 2.45 bits per heavy atom. The highest BCUT2D eigenvalue weighted by Gasteiger charge is 2.20. The Morgan fingerprint density at radius 2 is 1.85 bits per heavy atom. The number of benzene rings is 1. The second kappa shape index (κ2) is 6.95. The van der Waals surface area contributed by atoms with Gasteiger partial charge in [0.25, 0.3) is 5.91 Å². The summed E-state index contributed by atoms with van der Waals surface area (Å²) in [5.74, 6) is 1.21. The maximum Gasteiger partial charge on any atom is 0.254 e. The second-order valence-corrected chi connectivity index (χ2v) is 5.38. The minimum Gasteiger partial charge on any atom is -0.495 e. The van der Waals surface area contributed by atoms with Gasteiger partial charge in [0.15, 0.2) is 0 Å². The molecule has 0 aromatic heterocycles. The Hall–Kier alpha value is -1.27. The number of hydrogen-bond donors (Lipinski definition) is 1. The lowest BCUT2D eigenvalue weighted by Crippen LogP contribution is -2.34. The topological polar surface area (TPSA) is 50.8 Å². The first-order chi connectivity index (χ1) is 9.67. The fraction of sp³-hybridized carbons (Fsp3) is 0.500. The molecule has 1 aromatic carbocycles. The van der Waals surface area contributed by atoms with Crippen LogP contribution in [0.3, 0.4) is 0 Å². The number of nitrogens with one attached hydrogen (secondary N) is 1. The van der Waals surface area contributed by atoms with E-state index < -0.39 is 0 Å². The molecule has 110 valence electrons. The van der Waals surface area contributed by atoms with Crippen LogP contribution >= 0.6 is 15.9 Å². The first-order valence-corrected chi connectivity index (χ1v) is 7.38. The molecule has 0 aliphatic carbocycles. The molecular weight excluding hydrogens is 324 g/mol. The van der Waals surface area contributed by atoms with Crippen molar-refractivity contribution < 1.29 is 14.3 Å². The quantitative estimate of drug-likeness (QED) is 0.911. The zero-order chi connectivity index (χ0) is 14.5. The lowest BCUT2D eigenvalue weighted by molar-refractivity contribution is 0.0765. The van der Waals surface area contributed by atoms with Gasteiger partial charge >= 0.3 is 0 Å². The molecule has 6 heteroatoms. The third-order valence-electron chi connectivity index (χ3n) is 3.32. The van der Waals surface area contributed by atoms with E-state index in [1.807, 2.05) is 4.90 Å². The molecule has 1 amide bonds. The third-order valence-corrected chi connectivity index (χ3v) is 4.10. The number of rotatable bonds is 3. The molecule has 0 radical (unpaired) electrons. The van der Waals surface area contributed by atoms with Crippen molar-refractivity contribution in [2.75, 3.05) is 40.4 Å². The van der Waals surface area contributed by atoms with E-state index in [0.29, 0.717) is 17.1 Å². The smallest absolute Gasteiger partial charge is 0.254 e. The average Bonchev–Trinajstić information content (AvgIpc) is 2.75. The zero-order valence-corrected chi connectivity index (χ0v) is 13.3. The van der Waals surface area contributed by atoms with E-state index in [9.17, 15) is 4.79 Å². The number of carbonyl (C=O) groups excluding carboxylic acids is 1. The van der Waals surface area contributed by atoms with Crippen molar-refractivity contribution in [2.45, 2.75) is 6.42 Å². The van der Waals surface area contributed by atoms with Gasteiger partial charge in [0, 0.05) is 25.2 Å². The molecule has 1 aliphatic heterocycles. The third kappa shape index (κ3) is 3.24. The van der Waals surface area contributed by atoms with Crippen LogP contribution in [0, 0.1) is 0 Å². The molecule has 1 aliphatic rings. The first-order valence-electron chi connectivity index (χ1n) is 6.59. The fourth-order valence-electron chi connectivity index (χ4n) is 2.22. The molecule has 1 N–H and O–H groups in total. The summed E-state index contributed by atoms with van der Waals surface area (Å²) in [4.78, 5) is 14.4.